The number of anilines is 1. The molecule has 0 saturated carbocycles. The van der Waals surface area contributed by atoms with E-state index in [1.807, 2.05) is 6.92 Å². The highest BCUT2D eigenvalue weighted by atomic mass is 32.1. The van der Waals surface area contributed by atoms with Gasteiger partial charge in [-0.05, 0) is 24.1 Å². The third kappa shape index (κ3) is 4.16. The van der Waals surface area contributed by atoms with E-state index in [-0.39, 0.29) is 11.7 Å². The van der Waals surface area contributed by atoms with Crippen molar-refractivity contribution in [2.75, 3.05) is 12.4 Å². The van der Waals surface area contributed by atoms with Gasteiger partial charge >= 0.3 is 5.97 Å². The number of esters is 1. The average molecular weight is 335 g/mol. The number of rotatable bonds is 6. The molecule has 0 aliphatic rings. The summed E-state index contributed by atoms with van der Waals surface area (Å²) in [6.45, 7) is 2.00. The van der Waals surface area contributed by atoms with Crippen LogP contribution in [0.5, 0.6) is 0 Å². The second kappa shape index (κ2) is 7.87. The van der Waals surface area contributed by atoms with Gasteiger partial charge < -0.3 is 10.1 Å². The number of thiophene rings is 1. The van der Waals surface area contributed by atoms with Gasteiger partial charge in [-0.25, -0.2) is 9.18 Å². The molecular formula is C17H18FNO3S. The van der Waals surface area contributed by atoms with Gasteiger partial charge in [0, 0.05) is 17.4 Å². The number of hydrogen-bond donors (Lipinski definition) is 1. The Morgan fingerprint density at radius 1 is 1.26 bits per heavy atom. The Labute approximate surface area is 138 Å². The summed E-state index contributed by atoms with van der Waals surface area (Å²) in [5.74, 6) is -1.02. The van der Waals surface area contributed by atoms with Crippen molar-refractivity contribution in [1.29, 1.82) is 0 Å². The number of carbonyl (C=O) groups excluding carboxylic acids is 2. The molecule has 0 saturated heterocycles. The van der Waals surface area contributed by atoms with Gasteiger partial charge in [0.1, 0.15) is 16.4 Å². The van der Waals surface area contributed by atoms with Gasteiger partial charge in [0.05, 0.1) is 7.11 Å². The fourth-order valence-electron chi connectivity index (χ4n) is 2.12. The molecule has 4 nitrogen and oxygen atoms in total. The number of ether oxygens (including phenoxy) is 1. The molecular weight excluding hydrogens is 317 g/mol. The largest absolute Gasteiger partial charge is 0.465 e. The number of benzene rings is 1. The predicted octanol–water partition coefficient (Wildman–Crippen LogP) is 4.47. The lowest BCUT2D eigenvalue weighted by molar-refractivity contribution is -0.116. The van der Waals surface area contributed by atoms with E-state index in [1.165, 1.54) is 30.6 Å². The zero-order valence-electron chi connectivity index (χ0n) is 13.0. The first-order valence-corrected chi connectivity index (χ1v) is 8.20. The smallest absolute Gasteiger partial charge is 0.341 e. The number of amides is 1. The molecule has 0 bridgehead atoms. The molecule has 2 aromatic rings. The van der Waals surface area contributed by atoms with E-state index in [2.05, 4.69) is 5.32 Å². The minimum Gasteiger partial charge on any atom is -0.465 e. The number of methoxy groups -OCH3 is 1. The van der Waals surface area contributed by atoms with E-state index < -0.39 is 5.97 Å². The predicted molar refractivity (Wildman–Crippen MR) is 89.2 cm³/mol. The van der Waals surface area contributed by atoms with Gasteiger partial charge in [-0.3, -0.25) is 4.79 Å². The molecule has 0 spiro atoms. The maximum Gasteiger partial charge on any atom is 0.341 e. The first-order valence-electron chi connectivity index (χ1n) is 7.32. The van der Waals surface area contributed by atoms with Crippen LogP contribution in [0.25, 0.3) is 11.1 Å². The maximum atomic E-state index is 13.1. The summed E-state index contributed by atoms with van der Waals surface area (Å²) in [6, 6.07) is 5.83. The van der Waals surface area contributed by atoms with Crippen LogP contribution in [-0.2, 0) is 9.53 Å². The summed E-state index contributed by atoms with van der Waals surface area (Å²) in [4.78, 5) is 24.0. The second-order valence-corrected chi connectivity index (χ2v) is 5.88. The number of halogens is 1. The van der Waals surface area contributed by atoms with Gasteiger partial charge in [-0.2, -0.15) is 0 Å². The summed E-state index contributed by atoms with van der Waals surface area (Å²) < 4.78 is 17.9. The van der Waals surface area contributed by atoms with Crippen LogP contribution >= 0.6 is 11.3 Å². The Bertz CT molecular complexity index is 694. The lowest BCUT2D eigenvalue weighted by atomic mass is 10.0. The van der Waals surface area contributed by atoms with E-state index in [9.17, 15) is 14.0 Å². The van der Waals surface area contributed by atoms with E-state index in [0.29, 0.717) is 28.1 Å². The van der Waals surface area contributed by atoms with Crippen LogP contribution in [0.1, 0.15) is 36.5 Å². The van der Waals surface area contributed by atoms with Crippen molar-refractivity contribution in [1.82, 2.24) is 0 Å². The molecule has 1 N–H and O–H groups in total. The molecule has 1 aromatic carbocycles. The van der Waals surface area contributed by atoms with Crippen LogP contribution in [-0.4, -0.2) is 19.0 Å². The lowest BCUT2D eigenvalue weighted by Gasteiger charge is -2.07. The fraction of sp³-hybridized carbons (Fsp3) is 0.294. The van der Waals surface area contributed by atoms with Gasteiger partial charge in [-0.15, -0.1) is 11.3 Å². The van der Waals surface area contributed by atoms with Crippen molar-refractivity contribution in [3.8, 4) is 11.1 Å². The second-order valence-electron chi connectivity index (χ2n) is 5.00. The SMILES string of the molecule is CCCCC(=O)Nc1scc(-c2ccc(F)cc2)c1C(=O)OC. The molecule has 1 heterocycles. The Hall–Kier alpha value is -2.21. The van der Waals surface area contributed by atoms with Crippen molar-refractivity contribution in [2.24, 2.45) is 0 Å². The Kier molecular flexibility index (Phi) is 5.87. The summed E-state index contributed by atoms with van der Waals surface area (Å²) in [7, 11) is 1.29. The Morgan fingerprint density at radius 3 is 2.57 bits per heavy atom. The van der Waals surface area contributed by atoms with E-state index in [0.717, 1.165) is 12.8 Å². The molecule has 2 rings (SSSR count). The number of carbonyl (C=O) groups is 2. The third-order valence-electron chi connectivity index (χ3n) is 3.35. The number of nitrogens with one attached hydrogen (secondary N) is 1. The molecule has 6 heteroatoms. The molecule has 0 fully saturated rings. The Morgan fingerprint density at radius 2 is 1.96 bits per heavy atom. The highest BCUT2D eigenvalue weighted by molar-refractivity contribution is 7.15. The average Bonchev–Trinajstić information content (AvgIpc) is 2.96. The molecule has 0 atom stereocenters. The quantitative estimate of drug-likeness (QED) is 0.793. The summed E-state index contributed by atoms with van der Waals surface area (Å²) in [6.07, 6.45) is 2.11. The van der Waals surface area contributed by atoms with Gasteiger partial charge in [0.2, 0.25) is 5.91 Å². The summed E-state index contributed by atoms with van der Waals surface area (Å²) >= 11 is 1.25. The molecule has 0 aliphatic heterocycles. The van der Waals surface area contributed by atoms with Crippen molar-refractivity contribution in [3.05, 3.63) is 41.0 Å². The van der Waals surface area contributed by atoms with Gasteiger partial charge in [-0.1, -0.05) is 25.5 Å². The molecule has 23 heavy (non-hydrogen) atoms. The van der Waals surface area contributed by atoms with E-state index in [1.54, 1.807) is 17.5 Å². The topological polar surface area (TPSA) is 55.4 Å². The standard InChI is InChI=1S/C17H18FNO3S/c1-3-4-5-14(20)19-16-15(17(21)22-2)13(10-23-16)11-6-8-12(18)9-7-11/h6-10H,3-5H2,1-2H3,(H,19,20). The van der Waals surface area contributed by atoms with Crippen LogP contribution in [0, 0.1) is 5.82 Å². The normalized spacial score (nSPS) is 10.4. The van der Waals surface area contributed by atoms with Crippen LogP contribution in [0.15, 0.2) is 29.6 Å². The minimum atomic E-state index is -0.531. The van der Waals surface area contributed by atoms with Crippen LogP contribution in [0.2, 0.25) is 0 Å². The number of unbranched alkanes of at least 4 members (excludes halogenated alkanes) is 1. The van der Waals surface area contributed by atoms with Crippen molar-refractivity contribution in [3.63, 3.8) is 0 Å². The molecule has 0 aliphatic carbocycles. The van der Waals surface area contributed by atoms with Crippen molar-refractivity contribution in [2.45, 2.75) is 26.2 Å². The first kappa shape index (κ1) is 17.1. The number of hydrogen-bond acceptors (Lipinski definition) is 4. The summed E-state index contributed by atoms with van der Waals surface area (Å²) in [5.41, 5.74) is 1.61. The summed E-state index contributed by atoms with van der Waals surface area (Å²) in [5, 5.41) is 4.98. The fourth-order valence-corrected chi connectivity index (χ4v) is 3.10. The highest BCUT2D eigenvalue weighted by Gasteiger charge is 2.22. The van der Waals surface area contributed by atoms with E-state index >= 15 is 0 Å². The molecule has 1 amide bonds. The zero-order valence-corrected chi connectivity index (χ0v) is 13.8. The first-order chi connectivity index (χ1) is 11.1. The van der Waals surface area contributed by atoms with Crippen LogP contribution in [0.3, 0.4) is 0 Å². The van der Waals surface area contributed by atoms with Gasteiger partial charge in [0.15, 0.2) is 0 Å². The molecule has 0 unspecified atom stereocenters. The van der Waals surface area contributed by atoms with Crippen molar-refractivity contribution >= 4 is 28.2 Å². The molecule has 122 valence electrons. The molecule has 0 radical (unpaired) electrons. The van der Waals surface area contributed by atoms with Crippen LogP contribution in [0.4, 0.5) is 9.39 Å². The lowest BCUT2D eigenvalue weighted by Crippen LogP contribution is -2.13. The zero-order chi connectivity index (χ0) is 16.8. The highest BCUT2D eigenvalue weighted by Crippen LogP contribution is 2.36. The maximum absolute atomic E-state index is 13.1. The van der Waals surface area contributed by atoms with E-state index in [4.69, 9.17) is 4.74 Å². The van der Waals surface area contributed by atoms with Crippen LogP contribution < -0.4 is 5.32 Å². The minimum absolute atomic E-state index is 0.135. The van der Waals surface area contributed by atoms with Crippen molar-refractivity contribution < 1.29 is 18.7 Å². The Balaban J connectivity index is 2.35. The monoisotopic (exact) mass is 335 g/mol. The third-order valence-corrected chi connectivity index (χ3v) is 4.24. The van der Waals surface area contributed by atoms with Gasteiger partial charge in [0.25, 0.3) is 0 Å². The molecule has 1 aromatic heterocycles.